The summed E-state index contributed by atoms with van der Waals surface area (Å²) in [5.41, 5.74) is 5.49. The summed E-state index contributed by atoms with van der Waals surface area (Å²) in [6, 6.07) is 4.56. The minimum absolute atomic E-state index is 0.150. The van der Waals surface area contributed by atoms with Gasteiger partial charge in [0.1, 0.15) is 5.82 Å². The first-order valence-electron chi connectivity index (χ1n) is 6.14. The Kier molecular flexibility index (Phi) is 3.80. The van der Waals surface area contributed by atoms with Gasteiger partial charge >= 0.3 is 6.18 Å². The van der Waals surface area contributed by atoms with Gasteiger partial charge in [-0.2, -0.15) is 18.3 Å². The van der Waals surface area contributed by atoms with Gasteiger partial charge in [0.2, 0.25) is 0 Å². The smallest absolute Gasteiger partial charge is 0.321 e. The molecule has 1 heterocycles. The summed E-state index contributed by atoms with van der Waals surface area (Å²) < 4.78 is 38.0. The van der Waals surface area contributed by atoms with Gasteiger partial charge in [-0.3, -0.25) is 5.10 Å². The van der Waals surface area contributed by atoms with E-state index in [2.05, 4.69) is 15.2 Å². The molecule has 0 saturated carbocycles. The number of halogens is 3. The van der Waals surface area contributed by atoms with E-state index in [1.165, 1.54) is 12.1 Å². The van der Waals surface area contributed by atoms with Crippen molar-refractivity contribution < 1.29 is 13.2 Å². The molecule has 0 spiro atoms. The topological polar surface area (TPSA) is 67.6 Å². The number of hydrogen-bond acceptors (Lipinski definition) is 3. The van der Waals surface area contributed by atoms with Crippen LogP contribution in [0.1, 0.15) is 31.3 Å². The molecule has 1 aromatic heterocycles. The number of aromatic nitrogens is 3. The summed E-state index contributed by atoms with van der Waals surface area (Å²) in [6.07, 6.45) is -4.39. The van der Waals surface area contributed by atoms with Crippen LogP contribution in [-0.2, 0) is 6.18 Å². The summed E-state index contributed by atoms with van der Waals surface area (Å²) in [4.78, 5) is 4.17. The highest BCUT2D eigenvalue weighted by molar-refractivity contribution is 5.56. The highest BCUT2D eigenvalue weighted by Crippen LogP contribution is 2.31. The number of nitrogens with zero attached hydrogens (tertiary/aromatic N) is 2. The van der Waals surface area contributed by atoms with Gasteiger partial charge in [0.15, 0.2) is 5.82 Å². The Morgan fingerprint density at radius 2 is 1.95 bits per heavy atom. The summed E-state index contributed by atoms with van der Waals surface area (Å²) in [5.74, 6) is 0.826. The molecule has 1 unspecified atom stereocenters. The summed E-state index contributed by atoms with van der Waals surface area (Å²) >= 11 is 0. The second-order valence-electron chi connectivity index (χ2n) is 4.89. The maximum Gasteiger partial charge on any atom is 0.416 e. The maximum atomic E-state index is 12.7. The largest absolute Gasteiger partial charge is 0.416 e. The maximum absolute atomic E-state index is 12.7. The van der Waals surface area contributed by atoms with Crippen molar-refractivity contribution in [2.24, 2.45) is 11.7 Å². The zero-order valence-electron chi connectivity index (χ0n) is 11.1. The molecule has 1 aromatic carbocycles. The third kappa shape index (κ3) is 2.98. The molecule has 2 rings (SSSR count). The Hall–Kier alpha value is -1.89. The van der Waals surface area contributed by atoms with Crippen molar-refractivity contribution in [3.8, 4) is 11.4 Å². The first-order chi connectivity index (χ1) is 9.29. The average Bonchev–Trinajstić information content (AvgIpc) is 2.86. The van der Waals surface area contributed by atoms with E-state index in [4.69, 9.17) is 5.73 Å². The van der Waals surface area contributed by atoms with E-state index in [1.54, 1.807) is 0 Å². The van der Waals surface area contributed by atoms with E-state index in [0.29, 0.717) is 11.4 Å². The fourth-order valence-corrected chi connectivity index (χ4v) is 1.70. The lowest BCUT2D eigenvalue weighted by Crippen LogP contribution is -2.18. The predicted octanol–water partition coefficient (Wildman–Crippen LogP) is 3.15. The van der Waals surface area contributed by atoms with Crippen molar-refractivity contribution in [1.29, 1.82) is 0 Å². The summed E-state index contributed by atoms with van der Waals surface area (Å²) in [7, 11) is 0. The molecule has 0 bridgehead atoms. The Bertz CT molecular complexity index is 589. The van der Waals surface area contributed by atoms with Crippen LogP contribution < -0.4 is 5.73 Å². The van der Waals surface area contributed by atoms with E-state index >= 15 is 0 Å². The molecule has 0 aliphatic rings. The number of benzene rings is 1. The van der Waals surface area contributed by atoms with Crippen LogP contribution in [0.5, 0.6) is 0 Å². The van der Waals surface area contributed by atoms with Crippen LogP contribution in [0, 0.1) is 5.92 Å². The lowest BCUT2D eigenvalue weighted by atomic mass is 10.1. The number of alkyl halides is 3. The molecular weight excluding hydrogens is 269 g/mol. The van der Waals surface area contributed by atoms with Crippen molar-refractivity contribution in [3.05, 3.63) is 35.7 Å². The van der Waals surface area contributed by atoms with Gasteiger partial charge in [-0.15, -0.1) is 0 Å². The minimum Gasteiger partial charge on any atom is -0.321 e. The second-order valence-corrected chi connectivity index (χ2v) is 4.89. The van der Waals surface area contributed by atoms with E-state index in [1.807, 2.05) is 13.8 Å². The fraction of sp³-hybridized carbons (Fsp3) is 0.385. The Morgan fingerprint density at radius 1 is 1.25 bits per heavy atom. The number of rotatable bonds is 3. The monoisotopic (exact) mass is 284 g/mol. The number of nitrogens with two attached hydrogens (primary N) is 1. The normalized spacial score (nSPS) is 13.8. The Labute approximate surface area is 114 Å². The number of hydrogen-bond donors (Lipinski definition) is 2. The van der Waals surface area contributed by atoms with Gasteiger partial charge in [0.25, 0.3) is 0 Å². The highest BCUT2D eigenvalue weighted by atomic mass is 19.4. The van der Waals surface area contributed by atoms with Gasteiger partial charge in [0, 0.05) is 5.56 Å². The van der Waals surface area contributed by atoms with Gasteiger partial charge in [-0.25, -0.2) is 4.98 Å². The second kappa shape index (κ2) is 5.24. The fourth-order valence-electron chi connectivity index (χ4n) is 1.70. The molecule has 2 aromatic rings. The number of nitrogens with one attached hydrogen (secondary N) is 1. The van der Waals surface area contributed by atoms with E-state index < -0.39 is 11.7 Å². The van der Waals surface area contributed by atoms with Crippen LogP contribution in [0.15, 0.2) is 24.3 Å². The van der Waals surface area contributed by atoms with E-state index in [-0.39, 0.29) is 17.8 Å². The SMILES string of the molecule is CC(C)C(N)c1nc(-c2cccc(C(F)(F)F)c2)n[nH]1. The molecular formula is C13H15F3N4. The van der Waals surface area contributed by atoms with Crippen LogP contribution >= 0.6 is 0 Å². The van der Waals surface area contributed by atoms with Crippen LogP contribution in [0.2, 0.25) is 0 Å². The molecule has 0 saturated heterocycles. The lowest BCUT2D eigenvalue weighted by Gasteiger charge is -2.11. The summed E-state index contributed by atoms with van der Waals surface area (Å²) in [6.45, 7) is 3.86. The lowest BCUT2D eigenvalue weighted by molar-refractivity contribution is -0.137. The minimum atomic E-state index is -4.39. The molecule has 4 nitrogen and oxygen atoms in total. The summed E-state index contributed by atoms with van der Waals surface area (Å²) in [5, 5.41) is 6.61. The van der Waals surface area contributed by atoms with Crippen LogP contribution in [0.25, 0.3) is 11.4 Å². The Morgan fingerprint density at radius 3 is 2.55 bits per heavy atom. The standard InChI is InChI=1S/C13H15F3N4/c1-7(2)10(17)12-18-11(19-20-12)8-4-3-5-9(6-8)13(14,15)16/h3-7,10H,17H2,1-2H3,(H,18,19,20). The van der Waals surface area contributed by atoms with Crippen LogP contribution in [-0.4, -0.2) is 15.2 Å². The molecule has 1 atom stereocenters. The van der Waals surface area contributed by atoms with Crippen molar-refractivity contribution >= 4 is 0 Å². The number of H-pyrrole nitrogens is 1. The zero-order chi connectivity index (χ0) is 14.9. The van der Waals surface area contributed by atoms with Crippen LogP contribution in [0.4, 0.5) is 13.2 Å². The van der Waals surface area contributed by atoms with Gasteiger partial charge < -0.3 is 5.73 Å². The molecule has 0 aliphatic heterocycles. The first kappa shape index (κ1) is 14.5. The molecule has 0 aliphatic carbocycles. The molecule has 0 fully saturated rings. The molecule has 0 radical (unpaired) electrons. The van der Waals surface area contributed by atoms with Gasteiger partial charge in [0.05, 0.1) is 11.6 Å². The van der Waals surface area contributed by atoms with E-state index in [9.17, 15) is 13.2 Å². The van der Waals surface area contributed by atoms with Gasteiger partial charge in [-0.05, 0) is 18.1 Å². The molecule has 108 valence electrons. The third-order valence-corrected chi connectivity index (χ3v) is 2.98. The van der Waals surface area contributed by atoms with Crippen molar-refractivity contribution in [2.45, 2.75) is 26.1 Å². The van der Waals surface area contributed by atoms with Gasteiger partial charge in [-0.1, -0.05) is 26.0 Å². The first-order valence-corrected chi connectivity index (χ1v) is 6.14. The van der Waals surface area contributed by atoms with Crippen molar-refractivity contribution in [3.63, 3.8) is 0 Å². The van der Waals surface area contributed by atoms with E-state index in [0.717, 1.165) is 12.1 Å². The molecule has 20 heavy (non-hydrogen) atoms. The molecule has 7 heteroatoms. The average molecular weight is 284 g/mol. The Balaban J connectivity index is 2.33. The highest BCUT2D eigenvalue weighted by Gasteiger charge is 2.30. The molecule has 0 amide bonds. The zero-order valence-corrected chi connectivity index (χ0v) is 11.1. The van der Waals surface area contributed by atoms with Crippen molar-refractivity contribution in [1.82, 2.24) is 15.2 Å². The van der Waals surface area contributed by atoms with Crippen LogP contribution in [0.3, 0.4) is 0 Å². The predicted molar refractivity (Wildman–Crippen MR) is 68.6 cm³/mol. The van der Waals surface area contributed by atoms with Crippen molar-refractivity contribution in [2.75, 3.05) is 0 Å². The molecule has 3 N–H and O–H groups in total. The number of aromatic amines is 1. The third-order valence-electron chi connectivity index (χ3n) is 2.98. The quantitative estimate of drug-likeness (QED) is 0.909.